The van der Waals surface area contributed by atoms with Crippen molar-refractivity contribution in [2.75, 3.05) is 0 Å². The molecule has 1 amide bonds. The van der Waals surface area contributed by atoms with Crippen LogP contribution in [-0.4, -0.2) is 39.6 Å². The summed E-state index contributed by atoms with van der Waals surface area (Å²) in [6.07, 6.45) is 16.7. The van der Waals surface area contributed by atoms with Crippen molar-refractivity contribution in [1.82, 2.24) is 10.3 Å². The summed E-state index contributed by atoms with van der Waals surface area (Å²) < 4.78 is 6.41. The van der Waals surface area contributed by atoms with Crippen LogP contribution in [0.15, 0.2) is 36.7 Å². The van der Waals surface area contributed by atoms with Gasteiger partial charge in [0.25, 0.3) is 5.91 Å². The molecule has 274 valence electrons. The van der Waals surface area contributed by atoms with Crippen molar-refractivity contribution in [3.8, 4) is 0 Å². The highest BCUT2D eigenvalue weighted by Gasteiger charge is 2.71. The van der Waals surface area contributed by atoms with Gasteiger partial charge in [0.05, 0.1) is 11.8 Å². The van der Waals surface area contributed by atoms with Gasteiger partial charge in [-0.1, -0.05) is 53.2 Å². The van der Waals surface area contributed by atoms with Crippen LogP contribution in [0.1, 0.15) is 142 Å². The molecule has 7 nitrogen and oxygen atoms in total. The SMILES string of the molecule is C=C(C)[C@@H]1CC[C@]2(NC(=O)c3ccncc3)CC[C@]3(C)[C@H](CC[C@@H]4[C@@]5(C)CC[C@H](OC(=O)[C@H]6CCC[C@@H](C(=O)O)C6)C(C)(C)[C@@H]5CC[C@]43C)[C@@H]12. The largest absolute Gasteiger partial charge is 0.481 e. The normalized spacial score (nSPS) is 44.8. The Morgan fingerprint density at radius 1 is 0.840 bits per heavy atom. The number of hydrogen-bond donors (Lipinski definition) is 2. The van der Waals surface area contributed by atoms with Gasteiger partial charge in [-0.3, -0.25) is 19.4 Å². The number of aromatic nitrogens is 1. The molecular formula is C43H62N2O5. The number of carbonyl (C=O) groups excluding carboxylic acids is 2. The Morgan fingerprint density at radius 3 is 2.26 bits per heavy atom. The number of carboxylic acids is 1. The molecule has 0 spiro atoms. The summed E-state index contributed by atoms with van der Waals surface area (Å²) in [6, 6.07) is 3.65. The van der Waals surface area contributed by atoms with E-state index in [9.17, 15) is 19.5 Å². The van der Waals surface area contributed by atoms with Crippen molar-refractivity contribution >= 4 is 17.8 Å². The van der Waals surface area contributed by atoms with Gasteiger partial charge in [0.2, 0.25) is 0 Å². The van der Waals surface area contributed by atoms with Crippen molar-refractivity contribution in [1.29, 1.82) is 0 Å². The topological polar surface area (TPSA) is 106 Å². The van der Waals surface area contributed by atoms with Gasteiger partial charge in [-0.2, -0.15) is 0 Å². The van der Waals surface area contributed by atoms with Crippen molar-refractivity contribution in [2.24, 2.45) is 63.1 Å². The average Bonchev–Trinajstić information content (AvgIpc) is 3.46. The highest BCUT2D eigenvalue weighted by molar-refractivity contribution is 5.94. The maximum absolute atomic E-state index is 13.7. The Balaban J connectivity index is 1.13. The zero-order chi connectivity index (χ0) is 35.9. The van der Waals surface area contributed by atoms with Gasteiger partial charge in [-0.15, -0.1) is 0 Å². The highest BCUT2D eigenvalue weighted by Crippen LogP contribution is 2.76. The summed E-state index contributed by atoms with van der Waals surface area (Å²) in [5, 5.41) is 13.3. The molecule has 7 heteroatoms. The number of allylic oxidation sites excluding steroid dienone is 1. The van der Waals surface area contributed by atoms with E-state index in [4.69, 9.17) is 4.74 Å². The second-order valence-corrected chi connectivity index (χ2v) is 19.2. The van der Waals surface area contributed by atoms with Crippen LogP contribution in [0, 0.1) is 63.1 Å². The molecule has 1 aromatic heterocycles. The molecule has 0 unspecified atom stereocenters. The summed E-state index contributed by atoms with van der Waals surface area (Å²) in [5.41, 5.74) is 2.09. The molecule has 1 aromatic rings. The van der Waals surface area contributed by atoms with E-state index >= 15 is 0 Å². The first-order valence-corrected chi connectivity index (χ1v) is 19.9. The first-order chi connectivity index (χ1) is 23.6. The lowest BCUT2D eigenvalue weighted by molar-refractivity contribution is -0.246. The van der Waals surface area contributed by atoms with Gasteiger partial charge >= 0.3 is 11.9 Å². The average molecular weight is 687 g/mol. The third-order valence-electron chi connectivity index (χ3n) is 16.9. The first-order valence-electron chi connectivity index (χ1n) is 19.9. The maximum Gasteiger partial charge on any atom is 0.309 e. The molecule has 2 N–H and O–H groups in total. The Kier molecular flexibility index (Phi) is 8.90. The molecule has 6 aliphatic carbocycles. The van der Waals surface area contributed by atoms with Crippen molar-refractivity contribution in [3.63, 3.8) is 0 Å². The molecule has 6 aliphatic rings. The van der Waals surface area contributed by atoms with Crippen LogP contribution in [0.2, 0.25) is 0 Å². The molecule has 50 heavy (non-hydrogen) atoms. The van der Waals surface area contributed by atoms with Crippen molar-refractivity contribution in [3.05, 3.63) is 42.2 Å². The van der Waals surface area contributed by atoms with Crippen LogP contribution in [0.25, 0.3) is 0 Å². The summed E-state index contributed by atoms with van der Waals surface area (Å²) >= 11 is 0. The Morgan fingerprint density at radius 2 is 1.56 bits per heavy atom. The van der Waals surface area contributed by atoms with Gasteiger partial charge in [0.1, 0.15) is 6.10 Å². The van der Waals surface area contributed by atoms with E-state index in [-0.39, 0.29) is 51.1 Å². The lowest BCUT2D eigenvalue weighted by atomic mass is 9.32. The molecule has 0 bridgehead atoms. The Labute approximate surface area is 300 Å². The number of carbonyl (C=O) groups is 3. The Hall–Kier alpha value is -2.70. The van der Waals surface area contributed by atoms with E-state index < -0.39 is 11.9 Å². The van der Waals surface area contributed by atoms with E-state index in [1.807, 2.05) is 12.1 Å². The molecule has 1 heterocycles. The predicted molar refractivity (Wildman–Crippen MR) is 194 cm³/mol. The number of fused-ring (bicyclic) bond motifs is 7. The van der Waals surface area contributed by atoms with E-state index in [0.717, 1.165) is 57.8 Å². The van der Waals surface area contributed by atoms with Crippen LogP contribution in [0.4, 0.5) is 0 Å². The van der Waals surface area contributed by atoms with Crippen LogP contribution < -0.4 is 5.32 Å². The number of esters is 1. The lowest BCUT2D eigenvalue weighted by Crippen LogP contribution is -2.69. The minimum atomic E-state index is -0.786. The fourth-order valence-corrected chi connectivity index (χ4v) is 14.2. The highest BCUT2D eigenvalue weighted by atomic mass is 16.5. The lowest BCUT2D eigenvalue weighted by Gasteiger charge is -2.73. The van der Waals surface area contributed by atoms with Crippen LogP contribution >= 0.6 is 0 Å². The molecule has 0 aromatic carbocycles. The second kappa shape index (κ2) is 12.5. The number of aliphatic carboxylic acids is 1. The molecule has 0 radical (unpaired) electrons. The van der Waals surface area contributed by atoms with E-state index in [1.165, 1.54) is 24.8 Å². The quantitative estimate of drug-likeness (QED) is 0.229. The van der Waals surface area contributed by atoms with Gasteiger partial charge in [0.15, 0.2) is 0 Å². The number of rotatable bonds is 6. The summed E-state index contributed by atoms with van der Waals surface area (Å²) in [5.74, 6) is 0.709. The molecule has 12 atom stereocenters. The number of ether oxygens (including phenoxy) is 1. The molecule has 0 saturated heterocycles. The zero-order valence-electron chi connectivity index (χ0n) is 31.6. The smallest absolute Gasteiger partial charge is 0.309 e. The molecule has 0 aliphatic heterocycles. The van der Waals surface area contributed by atoms with Gasteiger partial charge < -0.3 is 15.2 Å². The Bertz CT molecular complexity index is 1520. The summed E-state index contributed by atoms with van der Waals surface area (Å²) in [4.78, 5) is 43.1. The fraction of sp³-hybridized carbons (Fsp3) is 0.767. The number of nitrogens with zero attached hydrogens (tertiary/aromatic N) is 1. The third-order valence-corrected chi connectivity index (χ3v) is 16.9. The molecule has 7 rings (SSSR count). The molecule has 6 saturated carbocycles. The number of amides is 1. The minimum absolute atomic E-state index is 0.0289. The maximum atomic E-state index is 13.7. The van der Waals surface area contributed by atoms with Gasteiger partial charge in [-0.05, 0) is 148 Å². The third kappa shape index (κ3) is 5.32. The van der Waals surface area contributed by atoms with Crippen LogP contribution in [0.5, 0.6) is 0 Å². The monoisotopic (exact) mass is 686 g/mol. The number of pyridine rings is 1. The van der Waals surface area contributed by atoms with Crippen LogP contribution in [0.3, 0.4) is 0 Å². The zero-order valence-corrected chi connectivity index (χ0v) is 31.6. The second-order valence-electron chi connectivity index (χ2n) is 19.2. The number of hydrogen-bond acceptors (Lipinski definition) is 5. The van der Waals surface area contributed by atoms with Crippen LogP contribution in [-0.2, 0) is 14.3 Å². The molecule has 6 fully saturated rings. The summed E-state index contributed by atoms with van der Waals surface area (Å²) in [7, 11) is 0. The van der Waals surface area contributed by atoms with Crippen molar-refractivity contribution in [2.45, 2.75) is 143 Å². The fourth-order valence-electron chi connectivity index (χ4n) is 14.2. The first kappa shape index (κ1) is 35.7. The van der Waals surface area contributed by atoms with Crippen molar-refractivity contribution < 1.29 is 24.2 Å². The standard InChI is InChI=1S/C43H62N2O5/c1-26(2)30-13-20-43(45-36(46)27-16-23-44-24-17-27)22-21-41(6)31(35(30)43)11-12-33-40(5)18-15-34(39(3,4)32(40)14-19-42(33,41)7)50-38(49)29-10-8-9-28(25-29)37(47)48/h16-17,23-24,28-35H,1,8-15,18-22,25H2,2-7H3,(H,45,46)(H,47,48)/t28-,29+,30+,31-,32+,33-,34+,35-,40+,41-,42-,43+/m1/s1. The minimum Gasteiger partial charge on any atom is -0.481 e. The van der Waals surface area contributed by atoms with Gasteiger partial charge in [0, 0.05) is 28.9 Å². The molecular weight excluding hydrogens is 624 g/mol. The van der Waals surface area contributed by atoms with E-state index in [2.05, 4.69) is 58.4 Å². The number of nitrogens with one attached hydrogen (secondary N) is 1. The van der Waals surface area contributed by atoms with E-state index in [0.29, 0.717) is 48.0 Å². The predicted octanol–water partition coefficient (Wildman–Crippen LogP) is 9.02. The summed E-state index contributed by atoms with van der Waals surface area (Å²) in [6.45, 7) is 19.3. The van der Waals surface area contributed by atoms with Gasteiger partial charge in [-0.25, -0.2) is 0 Å². The van der Waals surface area contributed by atoms with E-state index in [1.54, 1.807) is 12.4 Å². The number of carboxylic acid groups (broad SMARTS) is 1.